The van der Waals surface area contributed by atoms with Crippen LogP contribution in [0.25, 0.3) is 11.1 Å². The Bertz CT molecular complexity index is 522. The molecule has 19 heavy (non-hydrogen) atoms. The molecule has 0 radical (unpaired) electrons. The average molecular weight is 291 g/mol. The first-order chi connectivity index (χ1) is 8.88. The van der Waals surface area contributed by atoms with Gasteiger partial charge in [0, 0.05) is 5.75 Å². The highest BCUT2D eigenvalue weighted by Crippen LogP contribution is 2.32. The van der Waals surface area contributed by atoms with E-state index in [1.54, 1.807) is 31.2 Å². The Labute approximate surface area is 111 Å². The number of aromatic nitrogens is 1. The number of fused-ring (bicyclic) bond motifs is 1. The minimum Gasteiger partial charge on any atom is -0.439 e. The molecule has 1 heterocycles. The van der Waals surface area contributed by atoms with Crippen molar-refractivity contribution in [1.29, 1.82) is 0 Å². The Balaban J connectivity index is 2.02. The summed E-state index contributed by atoms with van der Waals surface area (Å²) in [7, 11) is 0. The first-order valence-electron chi connectivity index (χ1n) is 5.60. The molecular formula is C12H12F3NO2S. The van der Waals surface area contributed by atoms with Crippen molar-refractivity contribution >= 4 is 22.9 Å². The molecular weight excluding hydrogens is 279 g/mol. The Morgan fingerprint density at radius 2 is 2.05 bits per heavy atom. The van der Waals surface area contributed by atoms with Crippen LogP contribution in [0.5, 0.6) is 0 Å². The molecule has 0 saturated heterocycles. The van der Waals surface area contributed by atoms with Crippen LogP contribution < -0.4 is 0 Å². The molecule has 0 saturated carbocycles. The van der Waals surface area contributed by atoms with Crippen LogP contribution >= 0.6 is 11.8 Å². The summed E-state index contributed by atoms with van der Waals surface area (Å²) in [5.41, 5.74) is 1.27. The van der Waals surface area contributed by atoms with Crippen LogP contribution in [0.2, 0.25) is 0 Å². The summed E-state index contributed by atoms with van der Waals surface area (Å²) in [4.78, 5) is 4.20. The third kappa shape index (κ3) is 3.42. The molecule has 1 N–H and O–H groups in total. The number of hydrogen-bond acceptors (Lipinski definition) is 4. The number of rotatable bonds is 4. The minimum atomic E-state index is -4.59. The third-order valence-electron chi connectivity index (χ3n) is 2.54. The molecule has 0 bridgehead atoms. The zero-order chi connectivity index (χ0) is 14.0. The standard InChI is InChI=1S/C12H12F3NO2S/c1-7(19-6-10(17)12(13,14)15)11-16-8-4-2-3-5-9(8)18-11/h2-5,7,10,17H,6H2,1H3/t7-,10-/m1/s1. The van der Waals surface area contributed by atoms with Crippen molar-refractivity contribution in [2.75, 3.05) is 5.75 Å². The van der Waals surface area contributed by atoms with Gasteiger partial charge in [0.05, 0.1) is 5.25 Å². The number of oxazole rings is 1. The van der Waals surface area contributed by atoms with Crippen LogP contribution in [-0.2, 0) is 0 Å². The number of alkyl halides is 3. The molecule has 2 rings (SSSR count). The number of halogens is 3. The van der Waals surface area contributed by atoms with E-state index in [4.69, 9.17) is 9.52 Å². The highest BCUT2D eigenvalue weighted by Gasteiger charge is 2.38. The molecule has 0 unspecified atom stereocenters. The lowest BCUT2D eigenvalue weighted by Crippen LogP contribution is -2.30. The van der Waals surface area contributed by atoms with Crippen LogP contribution in [0.4, 0.5) is 13.2 Å². The smallest absolute Gasteiger partial charge is 0.415 e. The van der Waals surface area contributed by atoms with Gasteiger partial charge in [-0.3, -0.25) is 0 Å². The van der Waals surface area contributed by atoms with Gasteiger partial charge in [-0.2, -0.15) is 13.2 Å². The highest BCUT2D eigenvalue weighted by molar-refractivity contribution is 7.99. The predicted octanol–water partition coefficient (Wildman–Crippen LogP) is 3.55. The van der Waals surface area contributed by atoms with E-state index in [0.717, 1.165) is 11.8 Å². The van der Waals surface area contributed by atoms with Crippen LogP contribution in [-0.4, -0.2) is 28.1 Å². The number of para-hydroxylation sites is 2. The van der Waals surface area contributed by atoms with Crippen molar-refractivity contribution < 1.29 is 22.7 Å². The lowest BCUT2D eigenvalue weighted by molar-refractivity contribution is -0.195. The second-order valence-electron chi connectivity index (χ2n) is 4.05. The second kappa shape index (κ2) is 5.42. The fourth-order valence-electron chi connectivity index (χ4n) is 1.47. The molecule has 0 aliphatic carbocycles. The maximum absolute atomic E-state index is 12.2. The van der Waals surface area contributed by atoms with E-state index in [2.05, 4.69) is 4.98 Å². The second-order valence-corrected chi connectivity index (χ2v) is 5.43. The summed E-state index contributed by atoms with van der Waals surface area (Å²) >= 11 is 0.953. The van der Waals surface area contributed by atoms with Crippen LogP contribution in [0.3, 0.4) is 0 Å². The van der Waals surface area contributed by atoms with Gasteiger partial charge >= 0.3 is 6.18 Å². The van der Waals surface area contributed by atoms with E-state index in [-0.39, 0.29) is 5.25 Å². The Kier molecular flexibility index (Phi) is 4.05. The van der Waals surface area contributed by atoms with Gasteiger partial charge in [0.25, 0.3) is 0 Å². The van der Waals surface area contributed by atoms with E-state index >= 15 is 0 Å². The number of hydrogen-bond donors (Lipinski definition) is 1. The molecule has 0 aliphatic heterocycles. The molecule has 7 heteroatoms. The van der Waals surface area contributed by atoms with Gasteiger partial charge in [-0.1, -0.05) is 12.1 Å². The fraction of sp³-hybridized carbons (Fsp3) is 0.417. The van der Waals surface area contributed by atoms with Crippen molar-refractivity contribution in [2.24, 2.45) is 0 Å². The summed E-state index contributed by atoms with van der Waals surface area (Å²) in [6.45, 7) is 1.69. The molecule has 3 nitrogen and oxygen atoms in total. The van der Waals surface area contributed by atoms with Crippen LogP contribution in [0.15, 0.2) is 28.7 Å². The molecule has 2 atom stereocenters. The van der Waals surface area contributed by atoms with Gasteiger partial charge in [-0.25, -0.2) is 4.98 Å². The summed E-state index contributed by atoms with van der Waals surface area (Å²) in [5, 5.41) is 8.57. The summed E-state index contributed by atoms with van der Waals surface area (Å²) in [6, 6.07) is 7.11. The van der Waals surface area contributed by atoms with E-state index in [0.29, 0.717) is 17.0 Å². The first-order valence-corrected chi connectivity index (χ1v) is 6.64. The van der Waals surface area contributed by atoms with Gasteiger partial charge in [0.2, 0.25) is 5.89 Å². The van der Waals surface area contributed by atoms with E-state index in [9.17, 15) is 13.2 Å². The largest absolute Gasteiger partial charge is 0.439 e. The lowest BCUT2D eigenvalue weighted by atomic mass is 10.3. The molecule has 1 aromatic carbocycles. The third-order valence-corrected chi connectivity index (χ3v) is 3.75. The SMILES string of the molecule is C[C@@H](SC[C@@H](O)C(F)(F)F)c1nc2ccccc2o1. The number of aliphatic hydroxyl groups is 1. The minimum absolute atomic E-state index is 0.357. The number of thioether (sulfide) groups is 1. The monoisotopic (exact) mass is 291 g/mol. The molecule has 1 aromatic heterocycles. The van der Waals surface area contributed by atoms with Crippen LogP contribution in [0.1, 0.15) is 18.1 Å². The van der Waals surface area contributed by atoms with Gasteiger partial charge in [0.15, 0.2) is 11.7 Å². The molecule has 0 fully saturated rings. The van der Waals surface area contributed by atoms with Gasteiger partial charge in [-0.05, 0) is 19.1 Å². The lowest BCUT2D eigenvalue weighted by Gasteiger charge is -2.15. The van der Waals surface area contributed by atoms with Crippen molar-refractivity contribution in [3.8, 4) is 0 Å². The van der Waals surface area contributed by atoms with Crippen molar-refractivity contribution in [3.63, 3.8) is 0 Å². The average Bonchev–Trinajstić information content (AvgIpc) is 2.78. The van der Waals surface area contributed by atoms with E-state index in [1.807, 2.05) is 0 Å². The molecule has 104 valence electrons. The maximum Gasteiger partial charge on any atom is 0.415 e. The fourth-order valence-corrected chi connectivity index (χ4v) is 2.37. The van der Waals surface area contributed by atoms with Crippen LogP contribution in [0, 0.1) is 0 Å². The molecule has 0 spiro atoms. The van der Waals surface area contributed by atoms with Gasteiger partial charge in [0.1, 0.15) is 5.52 Å². The molecule has 2 aromatic rings. The first kappa shape index (κ1) is 14.2. The number of aliphatic hydroxyl groups excluding tert-OH is 1. The number of nitrogens with zero attached hydrogens (tertiary/aromatic N) is 1. The normalized spacial score (nSPS) is 15.6. The zero-order valence-electron chi connectivity index (χ0n) is 10.0. The molecule has 0 amide bonds. The van der Waals surface area contributed by atoms with E-state index in [1.165, 1.54) is 0 Å². The molecule has 0 aliphatic rings. The Hall–Kier alpha value is -1.21. The Morgan fingerprint density at radius 3 is 2.68 bits per heavy atom. The van der Waals surface area contributed by atoms with Gasteiger partial charge in [-0.15, -0.1) is 11.8 Å². The zero-order valence-corrected chi connectivity index (χ0v) is 10.8. The number of benzene rings is 1. The van der Waals surface area contributed by atoms with Crippen molar-refractivity contribution in [1.82, 2.24) is 4.98 Å². The summed E-state index contributed by atoms with van der Waals surface area (Å²) in [5.74, 6) is -0.0794. The van der Waals surface area contributed by atoms with E-state index < -0.39 is 18.0 Å². The topological polar surface area (TPSA) is 46.3 Å². The maximum atomic E-state index is 12.2. The van der Waals surface area contributed by atoms with Crippen molar-refractivity contribution in [2.45, 2.75) is 24.5 Å². The summed E-state index contributed by atoms with van der Waals surface area (Å²) < 4.78 is 42.0. The van der Waals surface area contributed by atoms with Crippen molar-refractivity contribution in [3.05, 3.63) is 30.2 Å². The Morgan fingerprint density at radius 1 is 1.37 bits per heavy atom. The quantitative estimate of drug-likeness (QED) is 0.936. The highest BCUT2D eigenvalue weighted by atomic mass is 32.2. The predicted molar refractivity (Wildman–Crippen MR) is 66.9 cm³/mol. The van der Waals surface area contributed by atoms with Gasteiger partial charge < -0.3 is 9.52 Å². The summed E-state index contributed by atoms with van der Waals surface area (Å²) in [6.07, 6.45) is -6.92.